The van der Waals surface area contributed by atoms with Crippen LogP contribution in [0.25, 0.3) is 0 Å². The summed E-state index contributed by atoms with van der Waals surface area (Å²) in [6.45, 7) is 3.99. The van der Waals surface area contributed by atoms with Crippen molar-refractivity contribution >= 4 is 0 Å². The van der Waals surface area contributed by atoms with Crippen molar-refractivity contribution in [1.82, 2.24) is 0 Å². The van der Waals surface area contributed by atoms with Crippen molar-refractivity contribution in [2.75, 3.05) is 26.4 Å². The van der Waals surface area contributed by atoms with E-state index >= 15 is 0 Å². The van der Waals surface area contributed by atoms with Gasteiger partial charge in [0.15, 0.2) is 0 Å². The minimum atomic E-state index is 0.853. The Morgan fingerprint density at radius 3 is 2.29 bits per heavy atom. The molecule has 0 spiro atoms. The van der Waals surface area contributed by atoms with Crippen LogP contribution in [0.3, 0.4) is 0 Å². The van der Waals surface area contributed by atoms with Gasteiger partial charge >= 0.3 is 0 Å². The van der Waals surface area contributed by atoms with Gasteiger partial charge in [0.05, 0.1) is 0 Å². The van der Waals surface area contributed by atoms with Gasteiger partial charge in [-0.3, -0.25) is 0 Å². The van der Waals surface area contributed by atoms with Gasteiger partial charge in [-0.25, -0.2) is 0 Å². The lowest BCUT2D eigenvalue weighted by Gasteiger charge is -2.26. The summed E-state index contributed by atoms with van der Waals surface area (Å²) in [5.74, 6) is 1.79. The van der Waals surface area contributed by atoms with Crippen LogP contribution in [0, 0.1) is 11.8 Å². The zero-order chi connectivity index (χ0) is 9.64. The molecule has 0 aromatic heterocycles. The first-order chi connectivity index (χ1) is 6.95. The largest absolute Gasteiger partial charge is 0.381 e. The summed E-state index contributed by atoms with van der Waals surface area (Å²) in [5, 5.41) is 0. The molecule has 2 rings (SSSR count). The molecule has 2 aliphatic rings. The molecule has 2 saturated heterocycles. The second-order valence-corrected chi connectivity index (χ2v) is 4.72. The molecule has 2 nitrogen and oxygen atoms in total. The summed E-state index contributed by atoms with van der Waals surface area (Å²) >= 11 is 0. The van der Waals surface area contributed by atoms with E-state index in [2.05, 4.69) is 0 Å². The monoisotopic (exact) mass is 198 g/mol. The van der Waals surface area contributed by atoms with Crippen LogP contribution >= 0.6 is 0 Å². The Kier molecular flexibility index (Phi) is 4.26. The number of ether oxygens (including phenoxy) is 2. The van der Waals surface area contributed by atoms with E-state index in [0.717, 1.165) is 38.3 Å². The fourth-order valence-electron chi connectivity index (χ4n) is 2.54. The van der Waals surface area contributed by atoms with Crippen LogP contribution in [0.5, 0.6) is 0 Å². The highest BCUT2D eigenvalue weighted by molar-refractivity contribution is 4.68. The van der Waals surface area contributed by atoms with Crippen molar-refractivity contribution in [2.45, 2.75) is 38.5 Å². The molecular weight excluding hydrogens is 176 g/mol. The fourth-order valence-corrected chi connectivity index (χ4v) is 2.54. The molecule has 0 aromatic carbocycles. The first-order valence-corrected chi connectivity index (χ1v) is 6.10. The molecule has 2 heteroatoms. The molecule has 14 heavy (non-hydrogen) atoms. The Hall–Kier alpha value is -0.0800. The maximum absolute atomic E-state index is 5.50. The molecule has 0 N–H and O–H groups in total. The summed E-state index contributed by atoms with van der Waals surface area (Å²) in [4.78, 5) is 0. The first kappa shape index (κ1) is 10.4. The first-order valence-electron chi connectivity index (χ1n) is 6.10. The van der Waals surface area contributed by atoms with Crippen LogP contribution in [0.15, 0.2) is 0 Å². The molecule has 0 aromatic rings. The minimum absolute atomic E-state index is 0.853. The predicted molar refractivity (Wildman–Crippen MR) is 56.3 cm³/mol. The third kappa shape index (κ3) is 3.25. The Morgan fingerprint density at radius 1 is 0.786 bits per heavy atom. The Balaban J connectivity index is 1.60. The van der Waals surface area contributed by atoms with Crippen LogP contribution in [0.1, 0.15) is 38.5 Å². The van der Waals surface area contributed by atoms with E-state index in [1.165, 1.54) is 38.5 Å². The molecule has 0 bridgehead atoms. The third-order valence-electron chi connectivity index (χ3n) is 3.58. The van der Waals surface area contributed by atoms with E-state index in [1.807, 2.05) is 0 Å². The van der Waals surface area contributed by atoms with Gasteiger partial charge in [0.25, 0.3) is 0 Å². The third-order valence-corrected chi connectivity index (χ3v) is 3.58. The van der Waals surface area contributed by atoms with Gasteiger partial charge in [0.1, 0.15) is 0 Å². The zero-order valence-electron chi connectivity index (χ0n) is 9.04. The number of hydrogen-bond acceptors (Lipinski definition) is 2. The van der Waals surface area contributed by atoms with Crippen LogP contribution in [-0.2, 0) is 9.47 Å². The number of rotatable bonds is 3. The van der Waals surface area contributed by atoms with E-state index in [9.17, 15) is 0 Å². The van der Waals surface area contributed by atoms with Crippen LogP contribution in [0.4, 0.5) is 0 Å². The highest BCUT2D eigenvalue weighted by atomic mass is 16.5. The molecule has 0 amide bonds. The summed E-state index contributed by atoms with van der Waals surface area (Å²) in [6, 6.07) is 0. The van der Waals surface area contributed by atoms with Gasteiger partial charge in [0.2, 0.25) is 0 Å². The van der Waals surface area contributed by atoms with Gasteiger partial charge in [-0.05, 0) is 50.4 Å². The summed E-state index contributed by atoms with van der Waals surface area (Å²) in [6.07, 6.45) is 8.02. The van der Waals surface area contributed by atoms with E-state index in [1.54, 1.807) is 0 Å². The highest BCUT2D eigenvalue weighted by Crippen LogP contribution is 2.25. The average molecular weight is 198 g/mol. The van der Waals surface area contributed by atoms with Crippen molar-refractivity contribution < 1.29 is 9.47 Å². The van der Waals surface area contributed by atoms with Gasteiger partial charge in [-0.2, -0.15) is 0 Å². The zero-order valence-corrected chi connectivity index (χ0v) is 9.04. The lowest BCUT2D eigenvalue weighted by atomic mass is 9.88. The van der Waals surface area contributed by atoms with Gasteiger partial charge in [0, 0.05) is 26.4 Å². The second-order valence-electron chi connectivity index (χ2n) is 4.72. The van der Waals surface area contributed by atoms with Crippen LogP contribution in [0.2, 0.25) is 0 Å². The molecule has 2 heterocycles. The second kappa shape index (κ2) is 5.72. The maximum Gasteiger partial charge on any atom is 0.0494 e. The van der Waals surface area contributed by atoms with Gasteiger partial charge in [-0.15, -0.1) is 0 Å². The number of hydrogen-bond donors (Lipinski definition) is 0. The van der Waals surface area contributed by atoms with Crippen molar-refractivity contribution in [3.05, 3.63) is 0 Å². The van der Waals surface area contributed by atoms with Crippen LogP contribution < -0.4 is 0 Å². The average Bonchev–Trinajstić information content (AvgIpc) is 2.29. The molecular formula is C12H22O2. The van der Waals surface area contributed by atoms with Crippen molar-refractivity contribution in [3.8, 4) is 0 Å². The van der Waals surface area contributed by atoms with Gasteiger partial charge < -0.3 is 9.47 Å². The van der Waals surface area contributed by atoms with E-state index in [0.29, 0.717) is 0 Å². The summed E-state index contributed by atoms with van der Waals surface area (Å²) in [5.41, 5.74) is 0. The predicted octanol–water partition coefficient (Wildman–Crippen LogP) is 2.62. The standard InChI is InChI=1S/C12H22O2/c1-2-12(10-14-7-1)4-3-11-5-8-13-9-6-11/h11-12H,1-10H2. The van der Waals surface area contributed by atoms with E-state index in [-0.39, 0.29) is 0 Å². The molecule has 0 aliphatic carbocycles. The molecule has 1 unspecified atom stereocenters. The Morgan fingerprint density at radius 2 is 1.57 bits per heavy atom. The molecule has 2 aliphatic heterocycles. The molecule has 1 atom stereocenters. The molecule has 2 fully saturated rings. The van der Waals surface area contributed by atoms with Crippen molar-refractivity contribution in [1.29, 1.82) is 0 Å². The quantitative estimate of drug-likeness (QED) is 0.694. The lowest BCUT2D eigenvalue weighted by molar-refractivity contribution is 0.0382. The topological polar surface area (TPSA) is 18.5 Å². The lowest BCUT2D eigenvalue weighted by Crippen LogP contribution is -2.20. The van der Waals surface area contributed by atoms with Gasteiger partial charge in [-0.1, -0.05) is 0 Å². The maximum atomic E-state index is 5.50. The molecule has 0 radical (unpaired) electrons. The summed E-state index contributed by atoms with van der Waals surface area (Å²) < 4.78 is 10.9. The highest BCUT2D eigenvalue weighted by Gasteiger charge is 2.18. The van der Waals surface area contributed by atoms with E-state index in [4.69, 9.17) is 9.47 Å². The van der Waals surface area contributed by atoms with E-state index < -0.39 is 0 Å². The van der Waals surface area contributed by atoms with Crippen molar-refractivity contribution in [3.63, 3.8) is 0 Å². The fraction of sp³-hybridized carbons (Fsp3) is 1.00. The molecule has 0 saturated carbocycles. The Bertz CT molecular complexity index is 128. The minimum Gasteiger partial charge on any atom is -0.381 e. The normalized spacial score (nSPS) is 30.4. The SMILES string of the molecule is C1COCC(CCC2CCOCC2)C1. The molecule has 82 valence electrons. The Labute approximate surface area is 87.0 Å². The van der Waals surface area contributed by atoms with Crippen molar-refractivity contribution in [2.24, 2.45) is 11.8 Å². The summed E-state index contributed by atoms with van der Waals surface area (Å²) in [7, 11) is 0. The smallest absolute Gasteiger partial charge is 0.0494 e. The van der Waals surface area contributed by atoms with Crippen LogP contribution in [-0.4, -0.2) is 26.4 Å².